The maximum absolute atomic E-state index is 4.31. The molecule has 0 bridgehead atoms. The summed E-state index contributed by atoms with van der Waals surface area (Å²) in [6.07, 6.45) is 4.15. The molecule has 1 N–H and O–H groups in total. The minimum Gasteiger partial charge on any atom is -0.306 e. The smallest absolute Gasteiger partial charge is 0.0522 e. The summed E-state index contributed by atoms with van der Waals surface area (Å²) >= 11 is 0. The molecule has 0 spiro atoms. The minimum atomic E-state index is 0.210. The maximum atomic E-state index is 4.31. The SMILES string of the molecule is CCCn1nccc1CNC(C)(C)CC. The first kappa shape index (κ1) is 12.2. The van der Waals surface area contributed by atoms with Gasteiger partial charge in [-0.25, -0.2) is 0 Å². The normalized spacial score (nSPS) is 12.0. The van der Waals surface area contributed by atoms with E-state index in [0.717, 1.165) is 25.9 Å². The second-order valence-electron chi connectivity index (χ2n) is 4.64. The first-order valence-corrected chi connectivity index (χ1v) is 5.84. The van der Waals surface area contributed by atoms with Gasteiger partial charge in [-0.05, 0) is 32.8 Å². The van der Waals surface area contributed by atoms with Gasteiger partial charge in [-0.3, -0.25) is 4.68 Å². The summed E-state index contributed by atoms with van der Waals surface area (Å²) in [6.45, 7) is 10.8. The molecule has 0 aliphatic carbocycles. The molecule has 1 aromatic rings. The Balaban J connectivity index is 2.53. The van der Waals surface area contributed by atoms with Crippen molar-refractivity contribution in [2.45, 2.75) is 59.2 Å². The number of hydrogen-bond donors (Lipinski definition) is 1. The van der Waals surface area contributed by atoms with E-state index in [1.54, 1.807) is 0 Å². The van der Waals surface area contributed by atoms with Crippen LogP contribution in [0.1, 0.15) is 46.2 Å². The molecule has 1 heterocycles. The highest BCUT2D eigenvalue weighted by Crippen LogP contribution is 2.09. The molecular formula is C12H23N3. The molecule has 15 heavy (non-hydrogen) atoms. The third kappa shape index (κ3) is 3.67. The zero-order valence-corrected chi connectivity index (χ0v) is 10.4. The van der Waals surface area contributed by atoms with E-state index in [0.29, 0.717) is 0 Å². The highest BCUT2D eigenvalue weighted by Gasteiger charge is 2.14. The van der Waals surface area contributed by atoms with E-state index < -0.39 is 0 Å². The van der Waals surface area contributed by atoms with Crippen LogP contribution in [-0.4, -0.2) is 15.3 Å². The van der Waals surface area contributed by atoms with E-state index in [2.05, 4.69) is 48.9 Å². The van der Waals surface area contributed by atoms with Crippen LogP contribution in [0, 0.1) is 0 Å². The van der Waals surface area contributed by atoms with Crippen LogP contribution in [0.15, 0.2) is 12.3 Å². The predicted octanol–water partition coefficient (Wildman–Crippen LogP) is 2.57. The summed E-state index contributed by atoms with van der Waals surface area (Å²) in [5.41, 5.74) is 1.49. The summed E-state index contributed by atoms with van der Waals surface area (Å²) in [6, 6.07) is 2.09. The van der Waals surface area contributed by atoms with Crippen molar-refractivity contribution in [3.63, 3.8) is 0 Å². The van der Waals surface area contributed by atoms with Crippen LogP contribution in [-0.2, 0) is 13.1 Å². The second-order valence-corrected chi connectivity index (χ2v) is 4.64. The van der Waals surface area contributed by atoms with Gasteiger partial charge in [0.15, 0.2) is 0 Å². The Morgan fingerprint density at radius 1 is 1.40 bits per heavy atom. The number of rotatable bonds is 6. The topological polar surface area (TPSA) is 29.9 Å². The van der Waals surface area contributed by atoms with E-state index in [9.17, 15) is 0 Å². The van der Waals surface area contributed by atoms with Gasteiger partial charge in [-0.1, -0.05) is 13.8 Å². The van der Waals surface area contributed by atoms with Gasteiger partial charge in [-0.15, -0.1) is 0 Å². The van der Waals surface area contributed by atoms with Crippen molar-refractivity contribution < 1.29 is 0 Å². The summed E-state index contributed by atoms with van der Waals surface area (Å²) in [5.74, 6) is 0. The molecule has 0 aromatic carbocycles. The quantitative estimate of drug-likeness (QED) is 0.780. The summed E-state index contributed by atoms with van der Waals surface area (Å²) < 4.78 is 2.08. The fraction of sp³-hybridized carbons (Fsp3) is 0.750. The third-order valence-corrected chi connectivity index (χ3v) is 2.87. The number of nitrogens with zero attached hydrogens (tertiary/aromatic N) is 2. The molecule has 0 aliphatic heterocycles. The molecule has 0 fully saturated rings. The molecule has 1 rings (SSSR count). The molecule has 3 heteroatoms. The Morgan fingerprint density at radius 2 is 2.13 bits per heavy atom. The number of aryl methyl sites for hydroxylation is 1. The number of hydrogen-bond acceptors (Lipinski definition) is 2. The molecule has 0 amide bonds. The van der Waals surface area contributed by atoms with E-state index in [-0.39, 0.29) is 5.54 Å². The van der Waals surface area contributed by atoms with Gasteiger partial charge in [0, 0.05) is 24.8 Å². The van der Waals surface area contributed by atoms with Crippen LogP contribution in [0.2, 0.25) is 0 Å². The molecule has 0 saturated carbocycles. The van der Waals surface area contributed by atoms with Gasteiger partial charge in [0.2, 0.25) is 0 Å². The lowest BCUT2D eigenvalue weighted by molar-refractivity contribution is 0.366. The van der Waals surface area contributed by atoms with Crippen molar-refractivity contribution in [1.29, 1.82) is 0 Å². The van der Waals surface area contributed by atoms with Crippen molar-refractivity contribution in [2.24, 2.45) is 0 Å². The van der Waals surface area contributed by atoms with Crippen molar-refractivity contribution in [1.82, 2.24) is 15.1 Å². The fourth-order valence-corrected chi connectivity index (χ4v) is 1.38. The van der Waals surface area contributed by atoms with E-state index in [1.165, 1.54) is 5.69 Å². The van der Waals surface area contributed by atoms with Gasteiger partial charge < -0.3 is 5.32 Å². The highest BCUT2D eigenvalue weighted by molar-refractivity contribution is 5.01. The maximum Gasteiger partial charge on any atom is 0.0522 e. The lowest BCUT2D eigenvalue weighted by Gasteiger charge is -2.24. The van der Waals surface area contributed by atoms with Crippen LogP contribution in [0.3, 0.4) is 0 Å². The molecule has 0 aliphatic rings. The Labute approximate surface area is 92.9 Å². The lowest BCUT2D eigenvalue weighted by Crippen LogP contribution is -2.38. The van der Waals surface area contributed by atoms with Crippen molar-refractivity contribution in [3.05, 3.63) is 18.0 Å². The largest absolute Gasteiger partial charge is 0.306 e. The molecule has 0 atom stereocenters. The summed E-state index contributed by atoms with van der Waals surface area (Å²) in [5, 5.41) is 7.86. The number of nitrogens with one attached hydrogen (secondary N) is 1. The molecule has 86 valence electrons. The lowest BCUT2D eigenvalue weighted by atomic mass is 10.0. The van der Waals surface area contributed by atoms with Crippen molar-refractivity contribution in [3.8, 4) is 0 Å². The fourth-order valence-electron chi connectivity index (χ4n) is 1.38. The second kappa shape index (κ2) is 5.31. The van der Waals surface area contributed by atoms with Crippen LogP contribution >= 0.6 is 0 Å². The predicted molar refractivity (Wildman–Crippen MR) is 63.7 cm³/mol. The van der Waals surface area contributed by atoms with E-state index in [1.807, 2.05) is 6.20 Å². The van der Waals surface area contributed by atoms with Gasteiger partial charge in [0.25, 0.3) is 0 Å². The van der Waals surface area contributed by atoms with Crippen LogP contribution in [0.25, 0.3) is 0 Å². The molecule has 1 aromatic heterocycles. The summed E-state index contributed by atoms with van der Waals surface area (Å²) in [7, 11) is 0. The Kier molecular flexibility index (Phi) is 4.33. The zero-order valence-electron chi connectivity index (χ0n) is 10.4. The standard InChI is InChI=1S/C12H23N3/c1-5-9-15-11(7-8-14-15)10-13-12(3,4)6-2/h7-8,13H,5-6,9-10H2,1-4H3. The monoisotopic (exact) mass is 209 g/mol. The first-order valence-electron chi connectivity index (χ1n) is 5.84. The molecule has 0 unspecified atom stereocenters. The molecule has 0 radical (unpaired) electrons. The van der Waals surface area contributed by atoms with E-state index in [4.69, 9.17) is 0 Å². The van der Waals surface area contributed by atoms with Gasteiger partial charge >= 0.3 is 0 Å². The van der Waals surface area contributed by atoms with Crippen LogP contribution in [0.5, 0.6) is 0 Å². The van der Waals surface area contributed by atoms with Gasteiger partial charge in [0.1, 0.15) is 0 Å². The van der Waals surface area contributed by atoms with Crippen molar-refractivity contribution in [2.75, 3.05) is 0 Å². The Hall–Kier alpha value is -0.830. The van der Waals surface area contributed by atoms with Crippen LogP contribution in [0.4, 0.5) is 0 Å². The van der Waals surface area contributed by atoms with E-state index >= 15 is 0 Å². The zero-order chi connectivity index (χ0) is 11.3. The van der Waals surface area contributed by atoms with Crippen molar-refractivity contribution >= 4 is 0 Å². The summed E-state index contributed by atoms with van der Waals surface area (Å²) in [4.78, 5) is 0. The van der Waals surface area contributed by atoms with Crippen LogP contribution < -0.4 is 5.32 Å². The average molecular weight is 209 g/mol. The molecular weight excluding hydrogens is 186 g/mol. The average Bonchev–Trinajstić information content (AvgIpc) is 2.64. The molecule has 3 nitrogen and oxygen atoms in total. The Morgan fingerprint density at radius 3 is 2.73 bits per heavy atom. The first-order chi connectivity index (χ1) is 7.09. The Bertz CT molecular complexity index is 289. The van der Waals surface area contributed by atoms with Gasteiger partial charge in [-0.2, -0.15) is 5.10 Å². The minimum absolute atomic E-state index is 0.210. The van der Waals surface area contributed by atoms with Gasteiger partial charge in [0.05, 0.1) is 5.69 Å². The number of aromatic nitrogens is 2. The molecule has 0 saturated heterocycles. The highest BCUT2D eigenvalue weighted by atomic mass is 15.3. The third-order valence-electron chi connectivity index (χ3n) is 2.87.